The second kappa shape index (κ2) is 4.67. The van der Waals surface area contributed by atoms with E-state index in [4.69, 9.17) is 0 Å². The fraction of sp³-hybridized carbons (Fsp3) is 0.222. The van der Waals surface area contributed by atoms with Gasteiger partial charge in [0.15, 0.2) is 0 Å². The third kappa shape index (κ3) is 3.21. The predicted octanol–water partition coefficient (Wildman–Crippen LogP) is 2.66. The molecule has 1 aromatic carbocycles. The van der Waals surface area contributed by atoms with Crippen LogP contribution in [0.3, 0.4) is 0 Å². The summed E-state index contributed by atoms with van der Waals surface area (Å²) in [6.07, 6.45) is -4.26. The number of alkyl halides is 3. The Bertz CT molecular complexity index is 349. The van der Waals surface area contributed by atoms with E-state index in [2.05, 4.69) is 9.19 Å². The third-order valence-corrected chi connectivity index (χ3v) is 2.07. The van der Waals surface area contributed by atoms with Crippen LogP contribution in [0, 0.1) is 0 Å². The summed E-state index contributed by atoms with van der Waals surface area (Å²) in [6.45, 7) is 0.391. The first kappa shape index (κ1) is 11.4. The van der Waals surface area contributed by atoms with Crippen molar-refractivity contribution in [2.24, 2.45) is 4.99 Å². The molecule has 74 valence electrons. The Balaban J connectivity index is 2.83. The van der Waals surface area contributed by atoms with Gasteiger partial charge in [0, 0.05) is 0 Å². The van der Waals surface area contributed by atoms with E-state index in [1.54, 1.807) is 0 Å². The summed E-state index contributed by atoms with van der Waals surface area (Å²) in [5, 5.41) is 0. The molecule has 1 nitrogen and oxygen atoms in total. The quantitative estimate of drug-likeness (QED) is 0.712. The molecule has 0 saturated heterocycles. The zero-order valence-electron chi connectivity index (χ0n) is 7.01. The minimum atomic E-state index is -4.26. The Morgan fingerprint density at radius 1 is 1.21 bits per heavy atom. The molecule has 0 radical (unpaired) electrons. The summed E-state index contributed by atoms with van der Waals surface area (Å²) < 4.78 is 39.1. The standard InChI is InChI=1S/C9H6F3N.W/c1-13-6-7-2-4-8(5-3-7)9(10,11)12;/h2-5H,6H2;. The molecule has 0 aromatic heterocycles. The summed E-state index contributed by atoms with van der Waals surface area (Å²) in [4.78, 5) is 3.84. The molecule has 0 unspecified atom stereocenters. The Kier molecular flexibility index (Phi) is 3.79. The van der Waals surface area contributed by atoms with Gasteiger partial charge in [0.2, 0.25) is 0 Å². The molecule has 5 heteroatoms. The molecular weight excluding hydrogens is 363 g/mol. The van der Waals surface area contributed by atoms with E-state index >= 15 is 0 Å². The number of nitrogens with zero attached hydrogens (tertiary/aromatic N) is 1. The predicted molar refractivity (Wildman–Crippen MR) is 42.6 cm³/mol. The summed E-state index contributed by atoms with van der Waals surface area (Å²) in [5.74, 6) is 0. The van der Waals surface area contributed by atoms with Gasteiger partial charge in [-0.3, -0.25) is 0 Å². The van der Waals surface area contributed by atoms with Crippen molar-refractivity contribution in [2.45, 2.75) is 12.7 Å². The van der Waals surface area contributed by atoms with E-state index in [9.17, 15) is 13.2 Å². The maximum atomic E-state index is 12.1. The number of aliphatic imine (C=N–C) groups is 1. The number of hydrogen-bond donors (Lipinski definition) is 0. The van der Waals surface area contributed by atoms with E-state index in [1.165, 1.54) is 12.1 Å². The van der Waals surface area contributed by atoms with E-state index in [-0.39, 0.29) is 0 Å². The molecule has 0 spiro atoms. The average Bonchev–Trinajstić information content (AvgIpc) is 2.14. The monoisotopic (exact) mass is 369 g/mol. The Morgan fingerprint density at radius 2 is 1.79 bits per heavy atom. The number of hydrogen-bond acceptors (Lipinski definition) is 1. The molecule has 0 fully saturated rings. The zero-order valence-corrected chi connectivity index (χ0v) is 9.94. The molecular formula is C9H6F3NW. The summed E-state index contributed by atoms with van der Waals surface area (Å²) in [7, 11) is 0. The second-order valence-electron chi connectivity index (χ2n) is 2.60. The Hall–Kier alpha value is -0.722. The number of halogens is 3. The fourth-order valence-electron chi connectivity index (χ4n) is 0.923. The first-order valence-electron chi connectivity index (χ1n) is 3.74. The second-order valence-corrected chi connectivity index (χ2v) is 3.26. The van der Waals surface area contributed by atoms with Crippen LogP contribution in [-0.2, 0) is 32.1 Å². The van der Waals surface area contributed by atoms with E-state index in [0.29, 0.717) is 6.54 Å². The van der Waals surface area contributed by atoms with Gasteiger partial charge in [-0.15, -0.1) is 0 Å². The normalized spacial score (nSPS) is 10.8. The van der Waals surface area contributed by atoms with Crippen molar-refractivity contribution in [3.63, 3.8) is 0 Å². The molecule has 0 atom stereocenters. The Morgan fingerprint density at radius 3 is 2.21 bits per heavy atom. The molecule has 0 heterocycles. The van der Waals surface area contributed by atoms with Gasteiger partial charge >= 0.3 is 89.8 Å². The molecule has 1 rings (SSSR count). The van der Waals surface area contributed by atoms with Crippen LogP contribution in [0.2, 0.25) is 0 Å². The van der Waals surface area contributed by atoms with Crippen LogP contribution in [0.4, 0.5) is 13.2 Å². The van der Waals surface area contributed by atoms with Crippen molar-refractivity contribution in [3.8, 4) is 0 Å². The molecule has 0 aliphatic heterocycles. The van der Waals surface area contributed by atoms with Crippen molar-refractivity contribution < 1.29 is 32.5 Å². The van der Waals surface area contributed by atoms with Crippen molar-refractivity contribution in [1.82, 2.24) is 0 Å². The van der Waals surface area contributed by atoms with Crippen molar-refractivity contribution in [1.29, 1.82) is 0 Å². The van der Waals surface area contributed by atoms with Crippen molar-refractivity contribution in [2.75, 3.05) is 0 Å². The van der Waals surface area contributed by atoms with Gasteiger partial charge in [0.25, 0.3) is 0 Å². The molecule has 0 aliphatic rings. The molecule has 0 saturated carbocycles. The summed E-state index contributed by atoms with van der Waals surface area (Å²) >= 11 is 1.10. The minimum absolute atomic E-state index is 0.391. The SMILES string of the molecule is FC(F)(F)c1ccc(CN=[C]=[W])cc1. The van der Waals surface area contributed by atoms with Gasteiger partial charge in [-0.2, -0.15) is 0 Å². The Labute approximate surface area is 90.1 Å². The van der Waals surface area contributed by atoms with Crippen LogP contribution in [0.15, 0.2) is 29.3 Å². The molecule has 1 aromatic rings. The van der Waals surface area contributed by atoms with Gasteiger partial charge in [-0.05, 0) is 0 Å². The zero-order chi connectivity index (χ0) is 10.6. The molecule has 0 amide bonds. The van der Waals surface area contributed by atoms with Crippen LogP contribution in [0.25, 0.3) is 0 Å². The van der Waals surface area contributed by atoms with Crippen LogP contribution in [-0.4, -0.2) is 4.19 Å². The van der Waals surface area contributed by atoms with Crippen LogP contribution in [0.1, 0.15) is 11.1 Å². The first-order chi connectivity index (χ1) is 6.54. The number of benzene rings is 1. The van der Waals surface area contributed by atoms with Gasteiger partial charge in [-0.1, -0.05) is 0 Å². The van der Waals surface area contributed by atoms with Gasteiger partial charge in [0.1, 0.15) is 0 Å². The summed E-state index contributed by atoms with van der Waals surface area (Å²) in [5.41, 5.74) is 0.128. The van der Waals surface area contributed by atoms with Gasteiger partial charge in [0.05, 0.1) is 0 Å². The van der Waals surface area contributed by atoms with E-state index < -0.39 is 11.7 Å². The van der Waals surface area contributed by atoms with E-state index in [0.717, 1.165) is 37.0 Å². The fourth-order valence-corrected chi connectivity index (χ4v) is 1.15. The molecule has 0 N–H and O–H groups in total. The van der Waals surface area contributed by atoms with Crippen molar-refractivity contribution in [3.05, 3.63) is 35.4 Å². The molecule has 14 heavy (non-hydrogen) atoms. The van der Waals surface area contributed by atoms with Crippen LogP contribution in [0.5, 0.6) is 0 Å². The number of rotatable bonds is 2. The maximum absolute atomic E-state index is 12.1. The summed E-state index contributed by atoms with van der Waals surface area (Å²) in [6, 6.07) is 4.98. The molecule has 0 bridgehead atoms. The van der Waals surface area contributed by atoms with Gasteiger partial charge in [-0.25, -0.2) is 0 Å². The first-order valence-corrected chi connectivity index (χ1v) is 5.20. The molecule has 0 aliphatic carbocycles. The van der Waals surface area contributed by atoms with E-state index in [1.807, 2.05) is 0 Å². The van der Waals surface area contributed by atoms with Gasteiger partial charge < -0.3 is 0 Å². The van der Waals surface area contributed by atoms with Crippen molar-refractivity contribution >= 4 is 4.19 Å². The topological polar surface area (TPSA) is 12.4 Å². The average molecular weight is 369 g/mol. The van der Waals surface area contributed by atoms with Crippen LogP contribution >= 0.6 is 0 Å². The third-order valence-electron chi connectivity index (χ3n) is 1.61. The van der Waals surface area contributed by atoms with Crippen LogP contribution < -0.4 is 0 Å².